The zero-order valence-electron chi connectivity index (χ0n) is 19.3. The van der Waals surface area contributed by atoms with Crippen LogP contribution in [0, 0.1) is 5.82 Å². The van der Waals surface area contributed by atoms with Crippen molar-refractivity contribution in [2.45, 2.75) is 25.4 Å². The number of rotatable bonds is 4. The number of nitrogens with zero attached hydrogens (tertiary/aromatic N) is 7. The summed E-state index contributed by atoms with van der Waals surface area (Å²) in [4.78, 5) is 23.6. The molecule has 36 heavy (non-hydrogen) atoms. The Balaban J connectivity index is 1.43. The van der Waals surface area contributed by atoms with Crippen molar-refractivity contribution in [1.29, 1.82) is 0 Å². The summed E-state index contributed by atoms with van der Waals surface area (Å²) in [6, 6.07) is 6.65. The van der Waals surface area contributed by atoms with Crippen molar-refractivity contribution in [3.63, 3.8) is 0 Å². The molecule has 5 rings (SSSR count). The first-order valence-electron chi connectivity index (χ1n) is 11.8. The molecule has 0 bridgehead atoms. The summed E-state index contributed by atoms with van der Waals surface area (Å²) in [7, 11) is 0. The molecule has 2 fully saturated rings. The molecule has 2 aliphatic heterocycles. The Hall–Kier alpha value is -3.21. The van der Waals surface area contributed by atoms with Gasteiger partial charge in [0.15, 0.2) is 5.82 Å². The van der Waals surface area contributed by atoms with Gasteiger partial charge in [0.25, 0.3) is 0 Å². The summed E-state index contributed by atoms with van der Waals surface area (Å²) >= 11 is 6.00. The van der Waals surface area contributed by atoms with E-state index in [1.165, 1.54) is 24.4 Å². The molecule has 2 aromatic heterocycles. The normalized spacial score (nSPS) is 17.0. The van der Waals surface area contributed by atoms with Crippen LogP contribution >= 0.6 is 11.6 Å². The predicted octanol–water partition coefficient (Wildman–Crippen LogP) is 5.06. The van der Waals surface area contributed by atoms with Gasteiger partial charge < -0.3 is 14.7 Å². The maximum atomic E-state index is 13.8. The zero-order valence-corrected chi connectivity index (χ0v) is 20.1. The van der Waals surface area contributed by atoms with Gasteiger partial charge in [0, 0.05) is 51.0 Å². The third-order valence-electron chi connectivity index (χ3n) is 6.38. The minimum absolute atomic E-state index is 0.0292. The van der Waals surface area contributed by atoms with Crippen molar-refractivity contribution in [3.8, 4) is 11.4 Å². The summed E-state index contributed by atoms with van der Waals surface area (Å²) in [5.41, 5.74) is -0.188. The molecule has 0 atom stereocenters. The van der Waals surface area contributed by atoms with Crippen LogP contribution in [0.25, 0.3) is 11.4 Å². The van der Waals surface area contributed by atoms with Crippen molar-refractivity contribution in [2.75, 3.05) is 54.0 Å². The fourth-order valence-corrected chi connectivity index (χ4v) is 4.66. The molecule has 0 spiro atoms. The predicted molar refractivity (Wildman–Crippen MR) is 130 cm³/mol. The Labute approximate surface area is 210 Å². The zero-order chi connectivity index (χ0) is 25.3. The quantitative estimate of drug-likeness (QED) is 0.445. The lowest BCUT2D eigenvalue weighted by molar-refractivity contribution is -0.137. The Morgan fingerprint density at radius 3 is 2.06 bits per heavy atom. The van der Waals surface area contributed by atoms with Gasteiger partial charge in [-0.25, -0.2) is 9.37 Å². The highest BCUT2D eigenvalue weighted by Gasteiger charge is 2.36. The van der Waals surface area contributed by atoms with E-state index in [9.17, 15) is 17.6 Å². The van der Waals surface area contributed by atoms with Gasteiger partial charge in [-0.1, -0.05) is 11.6 Å². The topological polar surface area (TPSA) is 61.3 Å². The number of pyridine rings is 1. The van der Waals surface area contributed by atoms with Gasteiger partial charge in [-0.3, -0.25) is 0 Å². The van der Waals surface area contributed by atoms with Crippen LogP contribution in [0.4, 0.5) is 35.3 Å². The number of aromatic nitrogens is 4. The molecule has 3 aromatic rings. The summed E-state index contributed by atoms with van der Waals surface area (Å²) in [6.45, 7) is 3.09. The number of alkyl halides is 3. The van der Waals surface area contributed by atoms with Crippen LogP contribution in [0.15, 0.2) is 36.5 Å². The van der Waals surface area contributed by atoms with E-state index in [1.807, 2.05) is 4.90 Å². The van der Waals surface area contributed by atoms with Crippen molar-refractivity contribution < 1.29 is 17.6 Å². The van der Waals surface area contributed by atoms with E-state index < -0.39 is 17.6 Å². The van der Waals surface area contributed by atoms with Crippen molar-refractivity contribution in [3.05, 3.63) is 52.9 Å². The van der Waals surface area contributed by atoms with Crippen molar-refractivity contribution in [2.24, 2.45) is 0 Å². The highest BCUT2D eigenvalue weighted by Crippen LogP contribution is 2.35. The highest BCUT2D eigenvalue weighted by molar-refractivity contribution is 6.31. The lowest BCUT2D eigenvalue weighted by Crippen LogP contribution is -2.48. The van der Waals surface area contributed by atoms with Crippen LogP contribution in [-0.4, -0.2) is 59.2 Å². The third kappa shape index (κ3) is 5.16. The summed E-state index contributed by atoms with van der Waals surface area (Å²) in [5.74, 6) is 0.721. The number of halogens is 5. The molecule has 0 aliphatic carbocycles. The third-order valence-corrected chi connectivity index (χ3v) is 6.67. The molecule has 0 unspecified atom stereocenters. The number of piperidine rings is 1. The molecule has 2 aliphatic rings. The lowest BCUT2D eigenvalue weighted by Gasteiger charge is -2.36. The second-order valence-corrected chi connectivity index (χ2v) is 9.19. The minimum Gasteiger partial charge on any atom is -0.353 e. The van der Waals surface area contributed by atoms with E-state index in [4.69, 9.17) is 16.6 Å². The molecule has 190 valence electrons. The second-order valence-electron chi connectivity index (χ2n) is 8.78. The van der Waals surface area contributed by atoms with Gasteiger partial charge in [-0.2, -0.15) is 28.1 Å². The molecule has 0 amide bonds. The monoisotopic (exact) mass is 521 g/mol. The number of hydrogen-bond donors (Lipinski definition) is 0. The van der Waals surface area contributed by atoms with E-state index in [0.717, 1.165) is 38.4 Å². The maximum absolute atomic E-state index is 13.8. The van der Waals surface area contributed by atoms with Crippen LogP contribution in [-0.2, 0) is 6.18 Å². The van der Waals surface area contributed by atoms with Gasteiger partial charge in [0.1, 0.15) is 11.6 Å². The standard InChI is InChI=1S/C24H24ClF4N7/c25-18-15-16(6-7-19(18)26)20-31-22(35-9-2-1-3-10-35)33-23(32-20)36-13-11-34(12-14-36)21-17(24(27,28)29)5-4-8-30-21/h4-8,15H,1-3,9-14H2. The highest BCUT2D eigenvalue weighted by atomic mass is 35.5. The van der Waals surface area contributed by atoms with Crippen molar-refractivity contribution in [1.82, 2.24) is 19.9 Å². The van der Waals surface area contributed by atoms with Crippen LogP contribution in [0.2, 0.25) is 5.02 Å². The van der Waals surface area contributed by atoms with Gasteiger partial charge in [-0.05, 0) is 49.6 Å². The first-order chi connectivity index (χ1) is 17.3. The average molecular weight is 522 g/mol. The van der Waals surface area contributed by atoms with E-state index in [2.05, 4.69) is 19.9 Å². The molecule has 4 heterocycles. The molecule has 12 heteroatoms. The second kappa shape index (κ2) is 10.0. The molecule has 0 N–H and O–H groups in total. The molecular weight excluding hydrogens is 498 g/mol. The molecule has 0 radical (unpaired) electrons. The fourth-order valence-electron chi connectivity index (χ4n) is 4.48. The van der Waals surface area contributed by atoms with Crippen LogP contribution in [0.3, 0.4) is 0 Å². The average Bonchev–Trinajstić information content (AvgIpc) is 2.90. The van der Waals surface area contributed by atoms with E-state index in [0.29, 0.717) is 49.5 Å². The van der Waals surface area contributed by atoms with E-state index >= 15 is 0 Å². The molecule has 1 aromatic carbocycles. The van der Waals surface area contributed by atoms with Gasteiger partial charge >= 0.3 is 6.18 Å². The Kier molecular flexibility index (Phi) is 6.83. The smallest absolute Gasteiger partial charge is 0.353 e. The number of benzene rings is 1. The lowest BCUT2D eigenvalue weighted by atomic mass is 10.1. The molecule has 0 saturated carbocycles. The SMILES string of the molecule is Fc1ccc(-c2nc(N3CCCCC3)nc(N3CCN(c4ncccc4C(F)(F)F)CC3)n2)cc1Cl. The summed E-state index contributed by atoms with van der Waals surface area (Å²) in [6.07, 6.45) is 0.0911. The molecular formula is C24H24ClF4N7. The Morgan fingerprint density at radius 1 is 0.778 bits per heavy atom. The Bertz CT molecular complexity index is 1230. The fraction of sp³-hybridized carbons (Fsp3) is 0.417. The first-order valence-corrected chi connectivity index (χ1v) is 12.2. The number of anilines is 3. The van der Waals surface area contributed by atoms with Gasteiger partial charge in [0.2, 0.25) is 11.9 Å². The van der Waals surface area contributed by atoms with Crippen LogP contribution in [0.1, 0.15) is 24.8 Å². The van der Waals surface area contributed by atoms with Crippen LogP contribution in [0.5, 0.6) is 0 Å². The largest absolute Gasteiger partial charge is 0.419 e. The van der Waals surface area contributed by atoms with E-state index in [-0.39, 0.29) is 10.8 Å². The summed E-state index contributed by atoms with van der Waals surface area (Å²) in [5, 5.41) is -0.0292. The minimum atomic E-state index is -4.48. The molecule has 2 saturated heterocycles. The van der Waals surface area contributed by atoms with Gasteiger partial charge in [0.05, 0.1) is 10.6 Å². The van der Waals surface area contributed by atoms with Gasteiger partial charge in [-0.15, -0.1) is 0 Å². The number of piperazine rings is 1. The first kappa shape index (κ1) is 24.5. The van der Waals surface area contributed by atoms with Crippen molar-refractivity contribution >= 4 is 29.3 Å². The summed E-state index contributed by atoms with van der Waals surface area (Å²) < 4.78 is 54.2. The van der Waals surface area contributed by atoms with Crippen LogP contribution < -0.4 is 14.7 Å². The molecule has 7 nitrogen and oxygen atoms in total. The maximum Gasteiger partial charge on any atom is 0.419 e. The van der Waals surface area contributed by atoms with E-state index in [1.54, 1.807) is 11.0 Å². The number of hydrogen-bond acceptors (Lipinski definition) is 7. The Morgan fingerprint density at radius 2 is 1.42 bits per heavy atom.